The molecular formula is C54H49O4P. The number of phenols is 3. The summed E-state index contributed by atoms with van der Waals surface area (Å²) in [5.74, 6) is 1.32. The van der Waals surface area contributed by atoms with E-state index in [-0.39, 0.29) is 17.2 Å². The van der Waals surface area contributed by atoms with E-state index < -0.39 is 6.83 Å². The van der Waals surface area contributed by atoms with Gasteiger partial charge in [-0.05, 0) is 0 Å². The SMILES string of the molecule is Cc1ccc(O)c(Cc2cc(C)cc(Cc3cccc(Cc4cc(C)ccc4O)c3OP(c3ccccc3)(c3ccccc3)(c3ccccc3)c3ccccc3)c2O)c1. The van der Waals surface area contributed by atoms with E-state index in [1.165, 1.54) is 0 Å². The summed E-state index contributed by atoms with van der Waals surface area (Å²) in [7, 11) is 0. The number of hydrogen-bond donors (Lipinski definition) is 3. The van der Waals surface area contributed by atoms with E-state index in [0.29, 0.717) is 25.0 Å². The van der Waals surface area contributed by atoms with Gasteiger partial charge in [-0.3, -0.25) is 0 Å². The Bertz CT molecular complexity index is 2560. The second-order valence-corrected chi connectivity index (χ2v) is 19.9. The van der Waals surface area contributed by atoms with Gasteiger partial charge in [-0.1, -0.05) is 0 Å². The quantitative estimate of drug-likeness (QED) is 0.108. The summed E-state index contributed by atoms with van der Waals surface area (Å²) in [6.07, 6.45) is 1.15. The molecule has 8 rings (SSSR count). The van der Waals surface area contributed by atoms with Gasteiger partial charge in [0.25, 0.3) is 0 Å². The molecule has 8 aromatic rings. The first kappa shape index (κ1) is 39.2. The van der Waals surface area contributed by atoms with E-state index in [9.17, 15) is 15.3 Å². The van der Waals surface area contributed by atoms with Gasteiger partial charge < -0.3 is 0 Å². The van der Waals surface area contributed by atoms with Gasteiger partial charge in [-0.25, -0.2) is 0 Å². The Labute approximate surface area is 347 Å². The number of benzene rings is 8. The molecule has 0 aliphatic heterocycles. The molecule has 294 valence electrons. The van der Waals surface area contributed by atoms with Crippen molar-refractivity contribution < 1.29 is 19.8 Å². The number of rotatable bonds is 12. The fraction of sp³-hybridized carbons (Fsp3) is 0.111. The molecule has 4 nitrogen and oxygen atoms in total. The number of aryl methyl sites for hydroxylation is 3. The monoisotopic (exact) mass is 792 g/mol. The van der Waals surface area contributed by atoms with E-state index in [4.69, 9.17) is 4.52 Å². The van der Waals surface area contributed by atoms with Gasteiger partial charge in [0.05, 0.1) is 0 Å². The van der Waals surface area contributed by atoms with E-state index in [0.717, 1.165) is 71.3 Å². The van der Waals surface area contributed by atoms with Gasteiger partial charge in [-0.2, -0.15) is 0 Å². The zero-order valence-corrected chi connectivity index (χ0v) is 34.6. The minimum atomic E-state index is -4.21. The van der Waals surface area contributed by atoms with Gasteiger partial charge in [0, 0.05) is 0 Å². The molecule has 0 spiro atoms. The first-order valence-corrected chi connectivity index (χ1v) is 22.2. The first-order chi connectivity index (χ1) is 28.7. The zero-order chi connectivity index (χ0) is 41.0. The molecule has 0 aliphatic carbocycles. The Morgan fingerprint density at radius 2 is 0.695 bits per heavy atom. The maximum absolute atomic E-state index is 12.1. The molecule has 0 amide bonds. The van der Waals surface area contributed by atoms with Crippen molar-refractivity contribution in [1.82, 2.24) is 0 Å². The molecule has 3 N–H and O–H groups in total. The molecule has 0 fully saturated rings. The van der Waals surface area contributed by atoms with Crippen molar-refractivity contribution in [2.45, 2.75) is 40.0 Å². The van der Waals surface area contributed by atoms with Crippen LogP contribution < -0.4 is 25.7 Å². The molecule has 0 aromatic heterocycles. The third-order valence-electron chi connectivity index (χ3n) is 11.5. The van der Waals surface area contributed by atoms with Crippen LogP contribution in [0.3, 0.4) is 0 Å². The van der Waals surface area contributed by atoms with Crippen molar-refractivity contribution >= 4 is 28.0 Å². The molecule has 0 unspecified atom stereocenters. The Kier molecular flexibility index (Phi) is 10.9. The zero-order valence-electron chi connectivity index (χ0n) is 33.7. The van der Waals surface area contributed by atoms with Crippen molar-refractivity contribution in [1.29, 1.82) is 0 Å². The molecule has 0 heterocycles. The summed E-state index contributed by atoms with van der Waals surface area (Å²) >= 11 is 0. The van der Waals surface area contributed by atoms with Crippen LogP contribution in [-0.4, -0.2) is 15.3 Å². The summed E-state index contributed by atoms with van der Waals surface area (Å²) < 4.78 is 8.37. The van der Waals surface area contributed by atoms with Gasteiger partial charge in [0.15, 0.2) is 0 Å². The standard InChI is InChI=1S/C54H49O4P/c1-38-27-29-51(55)43(31-38)35-41-17-16-18-42(36-45-33-40(3)34-46(53(45)57)37-44-32-39(2)28-30-52(44)56)54(41)58-59(47-19-8-4-9-20-47,48-21-10-5-11-22-48,49-23-12-6-13-24-49)50-25-14-7-15-26-50/h4-34,55-57H,35-37H2,1-3H3. The number of aromatic hydroxyl groups is 3. The number of para-hydroxylation sites is 1. The minimum absolute atomic E-state index is 0.193. The summed E-state index contributed by atoms with van der Waals surface area (Å²) in [6.45, 7) is 1.86. The van der Waals surface area contributed by atoms with Crippen LogP contribution in [0, 0.1) is 20.8 Å². The Morgan fingerprint density at radius 3 is 1.08 bits per heavy atom. The van der Waals surface area contributed by atoms with Gasteiger partial charge in [-0.15, -0.1) is 0 Å². The van der Waals surface area contributed by atoms with Crippen LogP contribution in [-0.2, 0) is 19.3 Å². The van der Waals surface area contributed by atoms with E-state index in [2.05, 4.69) is 109 Å². The van der Waals surface area contributed by atoms with Gasteiger partial charge in [0.2, 0.25) is 0 Å². The van der Waals surface area contributed by atoms with Crippen molar-refractivity contribution in [2.75, 3.05) is 0 Å². The Hall–Kier alpha value is -6.61. The van der Waals surface area contributed by atoms with Crippen LogP contribution >= 0.6 is 6.83 Å². The topological polar surface area (TPSA) is 69.9 Å². The second-order valence-electron chi connectivity index (χ2n) is 15.6. The second kappa shape index (κ2) is 16.3. The molecule has 0 saturated carbocycles. The molecule has 0 bridgehead atoms. The average molecular weight is 793 g/mol. The first-order valence-electron chi connectivity index (χ1n) is 20.1. The van der Waals surface area contributed by atoms with Crippen LogP contribution in [0.1, 0.15) is 50.1 Å². The van der Waals surface area contributed by atoms with Crippen LogP contribution in [0.15, 0.2) is 188 Å². The molecule has 8 aromatic carbocycles. The van der Waals surface area contributed by atoms with E-state index in [1.54, 1.807) is 12.1 Å². The molecule has 0 aliphatic rings. The third kappa shape index (κ3) is 7.26. The van der Waals surface area contributed by atoms with E-state index in [1.807, 2.05) is 87.5 Å². The van der Waals surface area contributed by atoms with Gasteiger partial charge >= 0.3 is 349 Å². The van der Waals surface area contributed by atoms with Crippen LogP contribution in [0.4, 0.5) is 0 Å². The predicted molar refractivity (Wildman–Crippen MR) is 245 cm³/mol. The molecule has 5 heteroatoms. The normalized spacial score (nSPS) is 12.1. The fourth-order valence-corrected chi connectivity index (χ4v) is 14.5. The summed E-state index contributed by atoms with van der Waals surface area (Å²) in [4.78, 5) is 0. The van der Waals surface area contributed by atoms with Crippen molar-refractivity contribution in [3.8, 4) is 23.0 Å². The summed E-state index contributed by atoms with van der Waals surface area (Å²) in [5, 5.41) is 38.3. The van der Waals surface area contributed by atoms with E-state index >= 15 is 0 Å². The Balaban J connectivity index is 1.43. The molecule has 59 heavy (non-hydrogen) atoms. The third-order valence-corrected chi connectivity index (χ3v) is 17.2. The van der Waals surface area contributed by atoms with Crippen LogP contribution in [0.5, 0.6) is 23.0 Å². The number of hydrogen-bond acceptors (Lipinski definition) is 4. The number of phenolic OH excluding ortho intramolecular Hbond substituents is 3. The van der Waals surface area contributed by atoms with Crippen LogP contribution in [0.25, 0.3) is 0 Å². The average Bonchev–Trinajstić information content (AvgIpc) is 3.26. The predicted octanol–water partition coefficient (Wildman–Crippen LogP) is 10.7. The van der Waals surface area contributed by atoms with Gasteiger partial charge in [0.1, 0.15) is 0 Å². The summed E-state index contributed by atoms with van der Waals surface area (Å²) in [6, 6.07) is 64.0. The van der Waals surface area contributed by atoms with Crippen molar-refractivity contribution in [3.63, 3.8) is 0 Å². The maximum atomic E-state index is 12.1. The van der Waals surface area contributed by atoms with Crippen molar-refractivity contribution in [2.24, 2.45) is 0 Å². The Morgan fingerprint density at radius 1 is 0.356 bits per heavy atom. The van der Waals surface area contributed by atoms with Crippen LogP contribution in [0.2, 0.25) is 0 Å². The summed E-state index contributed by atoms with van der Waals surface area (Å²) in [5.41, 5.74) is 7.96. The fourth-order valence-electron chi connectivity index (χ4n) is 8.70. The molecule has 0 radical (unpaired) electrons. The molecular weight excluding hydrogens is 744 g/mol. The molecule has 0 atom stereocenters. The van der Waals surface area contributed by atoms with Crippen molar-refractivity contribution in [3.05, 3.63) is 238 Å². The molecule has 0 saturated heterocycles.